The molecule has 20 heavy (non-hydrogen) atoms. The monoisotopic (exact) mass is 311 g/mol. The molecule has 0 aliphatic rings. The van der Waals surface area contributed by atoms with E-state index in [1.54, 1.807) is 18.2 Å². The fourth-order valence-corrected chi connectivity index (χ4v) is 2.72. The Hall–Kier alpha value is -1.19. The maximum atomic E-state index is 6.32. The zero-order valence-electron chi connectivity index (χ0n) is 12.2. The van der Waals surface area contributed by atoms with E-state index in [0.717, 1.165) is 17.8 Å². The summed E-state index contributed by atoms with van der Waals surface area (Å²) in [6.45, 7) is 8.38. The molecule has 0 bridgehead atoms. The Labute approximate surface area is 129 Å². The summed E-state index contributed by atoms with van der Waals surface area (Å²) in [6, 6.07) is 5.32. The van der Waals surface area contributed by atoms with Crippen LogP contribution >= 0.6 is 23.2 Å². The van der Waals surface area contributed by atoms with Crippen molar-refractivity contribution in [2.24, 2.45) is 0 Å². The number of nitrogens with zero attached hydrogens (tertiary/aromatic N) is 2. The zero-order valence-corrected chi connectivity index (χ0v) is 13.7. The molecule has 0 amide bonds. The first kappa shape index (κ1) is 15.2. The third-order valence-corrected chi connectivity index (χ3v) is 3.72. The standard InChI is InChI=1S/C15H19Cl2N3/c1-5-12-19-13(14(18)20(12)15(2,3)4)10-8-9(16)6-7-11(10)17/h6-8H,5,18H2,1-4H3. The average Bonchev–Trinajstić information content (AvgIpc) is 2.69. The van der Waals surface area contributed by atoms with E-state index in [9.17, 15) is 0 Å². The number of anilines is 1. The van der Waals surface area contributed by atoms with Gasteiger partial charge in [0.2, 0.25) is 0 Å². The Morgan fingerprint density at radius 1 is 1.25 bits per heavy atom. The molecule has 0 atom stereocenters. The lowest BCUT2D eigenvalue weighted by atomic mass is 10.1. The molecule has 0 saturated heterocycles. The van der Waals surface area contributed by atoms with Crippen LogP contribution in [0.2, 0.25) is 10.0 Å². The van der Waals surface area contributed by atoms with E-state index in [1.807, 2.05) is 0 Å². The van der Waals surface area contributed by atoms with Crippen LogP contribution in [0.3, 0.4) is 0 Å². The minimum Gasteiger partial charge on any atom is -0.383 e. The second kappa shape index (κ2) is 5.30. The summed E-state index contributed by atoms with van der Waals surface area (Å²) in [4.78, 5) is 4.66. The molecule has 108 valence electrons. The van der Waals surface area contributed by atoms with Gasteiger partial charge in [-0.3, -0.25) is 0 Å². The van der Waals surface area contributed by atoms with Gasteiger partial charge in [0.1, 0.15) is 17.3 Å². The van der Waals surface area contributed by atoms with Gasteiger partial charge in [0, 0.05) is 22.5 Å². The molecule has 1 heterocycles. The quantitative estimate of drug-likeness (QED) is 0.869. The summed E-state index contributed by atoms with van der Waals surface area (Å²) in [7, 11) is 0. The number of imidazole rings is 1. The molecule has 1 aromatic carbocycles. The van der Waals surface area contributed by atoms with Gasteiger partial charge in [-0.05, 0) is 39.0 Å². The van der Waals surface area contributed by atoms with Crippen LogP contribution < -0.4 is 5.73 Å². The number of halogens is 2. The Morgan fingerprint density at radius 3 is 2.40 bits per heavy atom. The average molecular weight is 312 g/mol. The zero-order chi connectivity index (χ0) is 15.1. The second-order valence-electron chi connectivity index (χ2n) is 5.75. The predicted molar refractivity (Wildman–Crippen MR) is 86.5 cm³/mol. The molecule has 0 saturated carbocycles. The van der Waals surface area contributed by atoms with E-state index in [2.05, 4.69) is 37.2 Å². The minimum atomic E-state index is -0.133. The summed E-state index contributed by atoms with van der Waals surface area (Å²) in [5, 5.41) is 1.22. The summed E-state index contributed by atoms with van der Waals surface area (Å²) in [6.07, 6.45) is 0.805. The molecular weight excluding hydrogens is 293 g/mol. The highest BCUT2D eigenvalue weighted by molar-refractivity contribution is 6.35. The van der Waals surface area contributed by atoms with Gasteiger partial charge < -0.3 is 10.3 Å². The summed E-state index contributed by atoms with van der Waals surface area (Å²) in [5.41, 5.74) is 7.65. The van der Waals surface area contributed by atoms with Crippen molar-refractivity contribution in [3.63, 3.8) is 0 Å². The summed E-state index contributed by atoms with van der Waals surface area (Å²) >= 11 is 12.3. The first-order valence-corrected chi connectivity index (χ1v) is 7.34. The van der Waals surface area contributed by atoms with Gasteiger partial charge in [-0.2, -0.15) is 0 Å². The summed E-state index contributed by atoms with van der Waals surface area (Å²) < 4.78 is 2.06. The van der Waals surface area contributed by atoms with Gasteiger partial charge in [-0.1, -0.05) is 30.1 Å². The van der Waals surface area contributed by atoms with E-state index >= 15 is 0 Å². The van der Waals surface area contributed by atoms with E-state index < -0.39 is 0 Å². The second-order valence-corrected chi connectivity index (χ2v) is 6.59. The Kier molecular flexibility index (Phi) is 4.03. The van der Waals surface area contributed by atoms with Gasteiger partial charge in [0.25, 0.3) is 0 Å². The number of rotatable bonds is 2. The third kappa shape index (κ3) is 2.65. The van der Waals surface area contributed by atoms with Crippen LogP contribution in [0.15, 0.2) is 18.2 Å². The Balaban J connectivity index is 2.71. The number of aryl methyl sites for hydroxylation is 1. The lowest BCUT2D eigenvalue weighted by Crippen LogP contribution is -2.25. The molecule has 0 aliphatic heterocycles. The van der Waals surface area contributed by atoms with Crippen LogP contribution in [0.25, 0.3) is 11.3 Å². The van der Waals surface area contributed by atoms with Crippen molar-refractivity contribution in [2.75, 3.05) is 5.73 Å². The lowest BCUT2D eigenvalue weighted by molar-refractivity contribution is 0.389. The molecule has 5 heteroatoms. The molecule has 3 nitrogen and oxygen atoms in total. The number of nitrogens with two attached hydrogens (primary N) is 1. The smallest absolute Gasteiger partial charge is 0.132 e. The van der Waals surface area contributed by atoms with Crippen molar-refractivity contribution in [1.29, 1.82) is 0 Å². The van der Waals surface area contributed by atoms with Gasteiger partial charge >= 0.3 is 0 Å². The molecule has 2 N–H and O–H groups in total. The predicted octanol–water partition coefficient (Wildman–Crippen LogP) is 4.76. The van der Waals surface area contributed by atoms with Crippen molar-refractivity contribution in [3.8, 4) is 11.3 Å². The minimum absolute atomic E-state index is 0.133. The fraction of sp³-hybridized carbons (Fsp3) is 0.400. The van der Waals surface area contributed by atoms with Crippen molar-refractivity contribution in [1.82, 2.24) is 9.55 Å². The molecule has 2 rings (SSSR count). The molecule has 0 unspecified atom stereocenters. The lowest BCUT2D eigenvalue weighted by Gasteiger charge is -2.24. The first-order valence-electron chi connectivity index (χ1n) is 6.58. The van der Waals surface area contributed by atoms with Crippen molar-refractivity contribution < 1.29 is 0 Å². The fourth-order valence-electron chi connectivity index (χ4n) is 2.34. The van der Waals surface area contributed by atoms with Gasteiger partial charge in [-0.15, -0.1) is 0 Å². The highest BCUT2D eigenvalue weighted by atomic mass is 35.5. The van der Waals surface area contributed by atoms with E-state index in [1.165, 1.54) is 0 Å². The molecule has 0 spiro atoms. The van der Waals surface area contributed by atoms with Crippen molar-refractivity contribution in [3.05, 3.63) is 34.1 Å². The van der Waals surface area contributed by atoms with E-state index in [4.69, 9.17) is 28.9 Å². The summed E-state index contributed by atoms with van der Waals surface area (Å²) in [5.74, 6) is 1.57. The number of aromatic nitrogens is 2. The van der Waals surface area contributed by atoms with E-state index in [0.29, 0.717) is 21.6 Å². The van der Waals surface area contributed by atoms with Gasteiger partial charge in [0.15, 0.2) is 0 Å². The highest BCUT2D eigenvalue weighted by Crippen LogP contribution is 2.36. The largest absolute Gasteiger partial charge is 0.383 e. The highest BCUT2D eigenvalue weighted by Gasteiger charge is 2.24. The normalized spacial score (nSPS) is 11.9. The van der Waals surface area contributed by atoms with Crippen LogP contribution in [0, 0.1) is 0 Å². The molecule has 0 aliphatic carbocycles. The molecule has 1 aromatic heterocycles. The topological polar surface area (TPSA) is 43.8 Å². The molecular formula is C15H19Cl2N3. The first-order chi connectivity index (χ1) is 9.25. The third-order valence-electron chi connectivity index (χ3n) is 3.15. The van der Waals surface area contributed by atoms with Crippen LogP contribution in [0.1, 0.15) is 33.5 Å². The molecule has 2 aromatic rings. The SMILES string of the molecule is CCc1nc(-c2cc(Cl)ccc2Cl)c(N)n1C(C)(C)C. The number of nitrogen functional groups attached to an aromatic ring is 1. The maximum absolute atomic E-state index is 6.32. The van der Waals surface area contributed by atoms with Crippen molar-refractivity contribution in [2.45, 2.75) is 39.7 Å². The van der Waals surface area contributed by atoms with Crippen molar-refractivity contribution >= 4 is 29.0 Å². The maximum Gasteiger partial charge on any atom is 0.132 e. The Bertz CT molecular complexity index is 639. The van der Waals surface area contributed by atoms with Crippen LogP contribution in [-0.4, -0.2) is 9.55 Å². The van der Waals surface area contributed by atoms with Crippen LogP contribution in [0.4, 0.5) is 5.82 Å². The Morgan fingerprint density at radius 2 is 1.90 bits per heavy atom. The van der Waals surface area contributed by atoms with Gasteiger partial charge in [0.05, 0.1) is 5.02 Å². The van der Waals surface area contributed by atoms with Crippen LogP contribution in [0.5, 0.6) is 0 Å². The van der Waals surface area contributed by atoms with Crippen LogP contribution in [-0.2, 0) is 12.0 Å². The van der Waals surface area contributed by atoms with Gasteiger partial charge in [-0.25, -0.2) is 4.98 Å². The van der Waals surface area contributed by atoms with E-state index in [-0.39, 0.29) is 5.54 Å². The number of hydrogen-bond donors (Lipinski definition) is 1. The molecule has 0 radical (unpaired) electrons. The number of hydrogen-bond acceptors (Lipinski definition) is 2. The molecule has 0 fully saturated rings. The number of benzene rings is 1.